The lowest BCUT2D eigenvalue weighted by Gasteiger charge is -2.09. The molecule has 0 spiro atoms. The van der Waals surface area contributed by atoms with Gasteiger partial charge in [-0.1, -0.05) is 23.7 Å². The second-order valence-electron chi connectivity index (χ2n) is 5.09. The highest BCUT2D eigenvalue weighted by atomic mass is 35.5. The summed E-state index contributed by atoms with van der Waals surface area (Å²) in [6.07, 6.45) is 0.136. The molecule has 0 aliphatic rings. The van der Waals surface area contributed by atoms with Crippen molar-refractivity contribution in [1.82, 2.24) is 10.9 Å². The fraction of sp³-hybridized carbons (Fsp3) is 0.222. The molecule has 0 bridgehead atoms. The Balaban J connectivity index is 1.69. The number of hydrazine groups is 1. The molecule has 0 saturated carbocycles. The summed E-state index contributed by atoms with van der Waals surface area (Å²) in [5.74, 6) is 0.468. The molecule has 0 aliphatic carbocycles. The van der Waals surface area contributed by atoms with E-state index >= 15 is 0 Å². The number of rotatable bonds is 7. The molecule has 0 aromatic heterocycles. The number of nitrogens with one attached hydrogen (secondary N) is 2. The fourth-order valence-corrected chi connectivity index (χ4v) is 2.08. The van der Waals surface area contributed by atoms with Gasteiger partial charge in [0.15, 0.2) is 6.61 Å². The van der Waals surface area contributed by atoms with Crippen LogP contribution in [0, 0.1) is 0 Å². The Morgan fingerprint density at radius 1 is 0.880 bits per heavy atom. The lowest BCUT2D eigenvalue weighted by atomic mass is 10.1. The van der Waals surface area contributed by atoms with Gasteiger partial charge in [0.1, 0.15) is 11.5 Å². The first-order valence-electron chi connectivity index (χ1n) is 7.74. The summed E-state index contributed by atoms with van der Waals surface area (Å²) in [5, 5.41) is 0.601. The van der Waals surface area contributed by atoms with E-state index in [-0.39, 0.29) is 18.9 Å². The quantitative estimate of drug-likeness (QED) is 0.742. The Morgan fingerprint density at radius 3 is 2.04 bits per heavy atom. The van der Waals surface area contributed by atoms with Crippen LogP contribution < -0.4 is 20.3 Å². The van der Waals surface area contributed by atoms with E-state index in [0.29, 0.717) is 17.4 Å². The Morgan fingerprint density at radius 2 is 1.44 bits per heavy atom. The third kappa shape index (κ3) is 6.73. The number of carbonyl (C=O) groups is 2. The van der Waals surface area contributed by atoms with Gasteiger partial charge < -0.3 is 9.47 Å². The van der Waals surface area contributed by atoms with Crippen molar-refractivity contribution in [2.24, 2.45) is 0 Å². The second kappa shape index (κ2) is 9.54. The minimum Gasteiger partial charge on any atom is -0.494 e. The lowest BCUT2D eigenvalue weighted by molar-refractivity contribution is -0.129. The van der Waals surface area contributed by atoms with E-state index in [4.69, 9.17) is 21.1 Å². The van der Waals surface area contributed by atoms with Crippen molar-refractivity contribution in [2.45, 2.75) is 13.3 Å². The van der Waals surface area contributed by atoms with Crippen molar-refractivity contribution in [1.29, 1.82) is 0 Å². The molecule has 2 aromatic carbocycles. The molecule has 0 fully saturated rings. The van der Waals surface area contributed by atoms with Crippen molar-refractivity contribution in [2.75, 3.05) is 13.2 Å². The first-order valence-corrected chi connectivity index (χ1v) is 8.12. The summed E-state index contributed by atoms with van der Waals surface area (Å²) in [5.41, 5.74) is 5.43. The number of halogens is 1. The second-order valence-corrected chi connectivity index (χ2v) is 5.53. The Kier molecular flexibility index (Phi) is 7.10. The van der Waals surface area contributed by atoms with Crippen molar-refractivity contribution in [3.8, 4) is 11.5 Å². The van der Waals surface area contributed by atoms with Crippen LogP contribution in [0.15, 0.2) is 48.5 Å². The van der Waals surface area contributed by atoms with E-state index in [1.165, 1.54) is 0 Å². The zero-order valence-corrected chi connectivity index (χ0v) is 14.5. The molecule has 7 heteroatoms. The van der Waals surface area contributed by atoms with Gasteiger partial charge in [0.25, 0.3) is 5.91 Å². The van der Waals surface area contributed by atoms with E-state index in [2.05, 4.69) is 10.9 Å². The van der Waals surface area contributed by atoms with Crippen molar-refractivity contribution in [3.05, 3.63) is 59.1 Å². The Hall–Kier alpha value is -2.73. The number of hydrogen-bond donors (Lipinski definition) is 2. The van der Waals surface area contributed by atoms with Crippen LogP contribution in [-0.4, -0.2) is 25.0 Å². The van der Waals surface area contributed by atoms with Gasteiger partial charge in [-0.25, -0.2) is 0 Å². The molecule has 2 N–H and O–H groups in total. The lowest BCUT2D eigenvalue weighted by Crippen LogP contribution is -2.44. The molecular formula is C18H19ClN2O4. The molecular weight excluding hydrogens is 344 g/mol. The number of hydrogen-bond acceptors (Lipinski definition) is 4. The van der Waals surface area contributed by atoms with Gasteiger partial charge in [0.2, 0.25) is 5.91 Å². The maximum absolute atomic E-state index is 11.8. The van der Waals surface area contributed by atoms with E-state index in [0.717, 1.165) is 11.3 Å². The summed E-state index contributed by atoms with van der Waals surface area (Å²) in [4.78, 5) is 23.5. The van der Waals surface area contributed by atoms with Crippen LogP contribution in [0.3, 0.4) is 0 Å². The molecule has 0 saturated heterocycles. The minimum atomic E-state index is -0.460. The summed E-state index contributed by atoms with van der Waals surface area (Å²) in [6.45, 7) is 2.27. The normalized spacial score (nSPS) is 10.0. The van der Waals surface area contributed by atoms with Gasteiger partial charge in [-0.3, -0.25) is 20.4 Å². The largest absolute Gasteiger partial charge is 0.494 e. The Labute approximate surface area is 151 Å². The predicted octanol–water partition coefficient (Wildman–Crippen LogP) is 2.51. The molecule has 6 nitrogen and oxygen atoms in total. The predicted molar refractivity (Wildman–Crippen MR) is 94.5 cm³/mol. The molecule has 2 amide bonds. The van der Waals surface area contributed by atoms with E-state index < -0.39 is 5.91 Å². The van der Waals surface area contributed by atoms with E-state index in [1.807, 2.05) is 6.92 Å². The monoisotopic (exact) mass is 362 g/mol. The van der Waals surface area contributed by atoms with Crippen molar-refractivity contribution < 1.29 is 19.1 Å². The third-order valence-corrected chi connectivity index (χ3v) is 3.38. The van der Waals surface area contributed by atoms with Gasteiger partial charge in [-0.2, -0.15) is 0 Å². The van der Waals surface area contributed by atoms with Crippen LogP contribution in [0.1, 0.15) is 12.5 Å². The van der Waals surface area contributed by atoms with Gasteiger partial charge >= 0.3 is 0 Å². The third-order valence-electron chi connectivity index (χ3n) is 3.12. The van der Waals surface area contributed by atoms with Crippen LogP contribution >= 0.6 is 11.6 Å². The molecule has 2 rings (SSSR count). The summed E-state index contributed by atoms with van der Waals surface area (Å²) >= 11 is 5.78. The average Bonchev–Trinajstić information content (AvgIpc) is 2.61. The van der Waals surface area contributed by atoms with Crippen LogP contribution in [0.2, 0.25) is 5.02 Å². The molecule has 132 valence electrons. The highest BCUT2D eigenvalue weighted by Crippen LogP contribution is 2.17. The van der Waals surface area contributed by atoms with Crippen molar-refractivity contribution >= 4 is 23.4 Å². The molecule has 0 unspecified atom stereocenters. The number of amides is 2. The summed E-state index contributed by atoms with van der Waals surface area (Å²) in [7, 11) is 0. The molecule has 2 aromatic rings. The van der Waals surface area contributed by atoms with Crippen LogP contribution in [0.25, 0.3) is 0 Å². The minimum absolute atomic E-state index is 0.136. The zero-order chi connectivity index (χ0) is 18.1. The maximum Gasteiger partial charge on any atom is 0.276 e. The molecule has 0 heterocycles. The number of benzene rings is 2. The average molecular weight is 363 g/mol. The zero-order valence-electron chi connectivity index (χ0n) is 13.8. The summed E-state index contributed by atoms with van der Waals surface area (Å²) in [6, 6.07) is 13.8. The maximum atomic E-state index is 11.8. The standard InChI is InChI=1S/C18H19ClN2O4/c1-2-24-15-7-9-16(10-8-15)25-12-18(23)21-20-17(22)11-13-3-5-14(19)6-4-13/h3-10H,2,11-12H2,1H3,(H,20,22)(H,21,23). The topological polar surface area (TPSA) is 76.7 Å². The fourth-order valence-electron chi connectivity index (χ4n) is 1.95. The van der Waals surface area contributed by atoms with Crippen LogP contribution in [0.4, 0.5) is 0 Å². The SMILES string of the molecule is CCOc1ccc(OCC(=O)NNC(=O)Cc2ccc(Cl)cc2)cc1. The van der Waals surface area contributed by atoms with Gasteiger partial charge in [0, 0.05) is 5.02 Å². The summed E-state index contributed by atoms with van der Waals surface area (Å²) < 4.78 is 10.6. The first kappa shape index (κ1) is 18.6. The molecule has 25 heavy (non-hydrogen) atoms. The molecule has 0 atom stereocenters. The van der Waals surface area contributed by atoms with Gasteiger partial charge in [-0.15, -0.1) is 0 Å². The smallest absolute Gasteiger partial charge is 0.276 e. The van der Waals surface area contributed by atoms with E-state index in [9.17, 15) is 9.59 Å². The number of ether oxygens (including phenoxy) is 2. The van der Waals surface area contributed by atoms with Gasteiger partial charge in [0.05, 0.1) is 13.0 Å². The molecule has 0 radical (unpaired) electrons. The number of carbonyl (C=O) groups excluding carboxylic acids is 2. The molecule has 0 aliphatic heterocycles. The first-order chi connectivity index (χ1) is 12.1. The van der Waals surface area contributed by atoms with E-state index in [1.54, 1.807) is 48.5 Å². The highest BCUT2D eigenvalue weighted by Gasteiger charge is 2.07. The van der Waals surface area contributed by atoms with Gasteiger partial charge in [-0.05, 0) is 48.9 Å². The van der Waals surface area contributed by atoms with Crippen molar-refractivity contribution in [3.63, 3.8) is 0 Å². The highest BCUT2D eigenvalue weighted by molar-refractivity contribution is 6.30. The van der Waals surface area contributed by atoms with Crippen LogP contribution in [-0.2, 0) is 16.0 Å². The Bertz CT molecular complexity index is 702. The van der Waals surface area contributed by atoms with Crippen LogP contribution in [0.5, 0.6) is 11.5 Å².